The minimum atomic E-state index is -0.590. The summed E-state index contributed by atoms with van der Waals surface area (Å²) in [7, 11) is 1.41. The van der Waals surface area contributed by atoms with Gasteiger partial charge in [0.2, 0.25) is 5.75 Å². The SMILES string of the molecule is COc1cc(C(=O)NCc2ccc3c(c2)OCCO3)ccc1Oc1ccc(Cl)cc1[N+](=O)[O-]. The van der Waals surface area contributed by atoms with Gasteiger partial charge in [-0.15, -0.1) is 0 Å². The zero-order chi connectivity index (χ0) is 23.4. The predicted molar refractivity (Wildman–Crippen MR) is 120 cm³/mol. The molecule has 0 unspecified atom stereocenters. The fourth-order valence-electron chi connectivity index (χ4n) is 3.21. The highest BCUT2D eigenvalue weighted by atomic mass is 35.5. The van der Waals surface area contributed by atoms with Gasteiger partial charge in [-0.25, -0.2) is 0 Å². The summed E-state index contributed by atoms with van der Waals surface area (Å²) in [6.45, 7) is 1.28. The number of benzene rings is 3. The van der Waals surface area contributed by atoms with E-state index in [1.807, 2.05) is 12.1 Å². The monoisotopic (exact) mass is 470 g/mol. The Morgan fingerprint density at radius 2 is 1.79 bits per heavy atom. The molecular weight excluding hydrogens is 452 g/mol. The number of nitrogens with zero attached hydrogens (tertiary/aromatic N) is 1. The highest BCUT2D eigenvalue weighted by Gasteiger charge is 2.19. The van der Waals surface area contributed by atoms with Crippen LogP contribution in [-0.4, -0.2) is 31.2 Å². The number of halogens is 1. The van der Waals surface area contributed by atoms with Crippen molar-refractivity contribution in [3.63, 3.8) is 0 Å². The second-order valence-corrected chi connectivity index (χ2v) is 7.43. The van der Waals surface area contributed by atoms with E-state index in [9.17, 15) is 14.9 Å². The van der Waals surface area contributed by atoms with E-state index in [1.54, 1.807) is 12.1 Å². The van der Waals surface area contributed by atoms with Gasteiger partial charge in [-0.3, -0.25) is 14.9 Å². The van der Waals surface area contributed by atoms with E-state index in [4.69, 9.17) is 30.5 Å². The van der Waals surface area contributed by atoms with Gasteiger partial charge >= 0.3 is 5.69 Å². The summed E-state index contributed by atoms with van der Waals surface area (Å²) in [5.74, 6) is 1.45. The summed E-state index contributed by atoms with van der Waals surface area (Å²) >= 11 is 5.84. The molecule has 1 amide bonds. The number of nitro groups is 1. The van der Waals surface area contributed by atoms with Gasteiger partial charge in [0.1, 0.15) is 13.2 Å². The molecule has 3 aromatic carbocycles. The molecule has 0 saturated carbocycles. The first kappa shape index (κ1) is 22.2. The molecule has 33 heavy (non-hydrogen) atoms. The van der Waals surface area contributed by atoms with Crippen LogP contribution in [0, 0.1) is 10.1 Å². The largest absolute Gasteiger partial charge is 0.493 e. The summed E-state index contributed by atoms with van der Waals surface area (Å²) in [4.78, 5) is 23.4. The molecule has 0 radical (unpaired) electrons. The maximum absolute atomic E-state index is 12.7. The van der Waals surface area contributed by atoms with Gasteiger partial charge in [-0.2, -0.15) is 0 Å². The lowest BCUT2D eigenvalue weighted by Gasteiger charge is -2.19. The maximum atomic E-state index is 12.7. The average molecular weight is 471 g/mol. The predicted octanol–water partition coefficient (Wildman–Crippen LogP) is 4.75. The number of methoxy groups -OCH3 is 1. The van der Waals surface area contributed by atoms with Gasteiger partial charge in [0, 0.05) is 23.2 Å². The van der Waals surface area contributed by atoms with E-state index in [1.165, 1.54) is 37.4 Å². The molecule has 4 rings (SSSR count). The van der Waals surface area contributed by atoms with Crippen molar-refractivity contribution in [2.45, 2.75) is 6.54 Å². The first-order chi connectivity index (χ1) is 15.9. The molecule has 0 aromatic heterocycles. The number of nitrogens with one attached hydrogen (secondary N) is 1. The molecule has 0 bridgehead atoms. The number of rotatable bonds is 7. The second kappa shape index (κ2) is 9.66. The molecule has 1 N–H and O–H groups in total. The molecule has 0 fully saturated rings. The Labute approximate surface area is 193 Å². The second-order valence-electron chi connectivity index (χ2n) is 7.00. The summed E-state index contributed by atoms with van der Waals surface area (Å²) in [5.41, 5.74) is 0.905. The number of ether oxygens (including phenoxy) is 4. The van der Waals surface area contributed by atoms with E-state index >= 15 is 0 Å². The van der Waals surface area contributed by atoms with E-state index in [2.05, 4.69) is 5.32 Å². The molecule has 1 aliphatic heterocycles. The maximum Gasteiger partial charge on any atom is 0.313 e. The van der Waals surface area contributed by atoms with E-state index in [0.29, 0.717) is 30.3 Å². The summed E-state index contributed by atoms with van der Waals surface area (Å²) in [6, 6.07) is 14.1. The third kappa shape index (κ3) is 5.09. The van der Waals surface area contributed by atoms with Gasteiger partial charge in [-0.1, -0.05) is 17.7 Å². The standard InChI is InChI=1S/C23H19ClN2O7/c1-30-21-11-15(3-6-20(21)33-18-7-4-16(24)12-17(18)26(28)29)23(27)25-13-14-2-5-19-22(10-14)32-9-8-31-19/h2-7,10-12H,8-9,13H2,1H3,(H,25,27). The van der Waals surface area contributed by atoms with Crippen LogP contribution in [0.4, 0.5) is 5.69 Å². The number of carbonyl (C=O) groups excluding carboxylic acids is 1. The van der Waals surface area contributed by atoms with Crippen LogP contribution < -0.4 is 24.3 Å². The van der Waals surface area contributed by atoms with Gasteiger partial charge in [-0.05, 0) is 48.0 Å². The summed E-state index contributed by atoms with van der Waals surface area (Å²) in [5, 5.41) is 14.3. The lowest BCUT2D eigenvalue weighted by atomic mass is 10.1. The number of nitro benzene ring substituents is 1. The number of carbonyl (C=O) groups is 1. The van der Waals surface area contributed by atoms with Crippen LogP contribution in [0.25, 0.3) is 0 Å². The van der Waals surface area contributed by atoms with E-state index in [0.717, 1.165) is 5.56 Å². The van der Waals surface area contributed by atoms with Crippen molar-refractivity contribution in [3.8, 4) is 28.7 Å². The van der Waals surface area contributed by atoms with Crippen molar-refractivity contribution < 1.29 is 28.7 Å². The molecule has 10 heteroatoms. The zero-order valence-corrected chi connectivity index (χ0v) is 18.3. The van der Waals surface area contributed by atoms with Crippen molar-refractivity contribution in [2.24, 2.45) is 0 Å². The quantitative estimate of drug-likeness (QED) is 0.392. The van der Waals surface area contributed by atoms with Gasteiger partial charge in [0.05, 0.1) is 12.0 Å². The lowest BCUT2D eigenvalue weighted by Crippen LogP contribution is -2.23. The molecule has 1 heterocycles. The summed E-state index contributed by atoms with van der Waals surface area (Å²) in [6.07, 6.45) is 0. The molecule has 9 nitrogen and oxygen atoms in total. The van der Waals surface area contributed by atoms with Crippen LogP contribution in [0.3, 0.4) is 0 Å². The third-order valence-electron chi connectivity index (χ3n) is 4.82. The number of hydrogen-bond acceptors (Lipinski definition) is 7. The number of fused-ring (bicyclic) bond motifs is 1. The highest BCUT2D eigenvalue weighted by Crippen LogP contribution is 2.38. The molecule has 170 valence electrons. The Bertz CT molecular complexity index is 1220. The topological polar surface area (TPSA) is 109 Å². The first-order valence-electron chi connectivity index (χ1n) is 9.91. The van der Waals surface area contributed by atoms with Crippen LogP contribution in [0.1, 0.15) is 15.9 Å². The van der Waals surface area contributed by atoms with Crippen LogP contribution in [0.2, 0.25) is 5.02 Å². The smallest absolute Gasteiger partial charge is 0.313 e. The number of amides is 1. The van der Waals surface area contributed by atoms with Crippen molar-refractivity contribution in [1.29, 1.82) is 0 Å². The Balaban J connectivity index is 1.47. The number of hydrogen-bond donors (Lipinski definition) is 1. The first-order valence-corrected chi connectivity index (χ1v) is 10.3. The van der Waals surface area contributed by atoms with Gasteiger partial charge < -0.3 is 24.3 Å². The minimum Gasteiger partial charge on any atom is -0.493 e. The van der Waals surface area contributed by atoms with Crippen LogP contribution in [-0.2, 0) is 6.54 Å². The fraction of sp³-hybridized carbons (Fsp3) is 0.174. The Morgan fingerprint density at radius 1 is 1.03 bits per heavy atom. The zero-order valence-electron chi connectivity index (χ0n) is 17.5. The van der Waals surface area contributed by atoms with E-state index < -0.39 is 4.92 Å². The molecular formula is C23H19ClN2O7. The summed E-state index contributed by atoms with van der Waals surface area (Å²) < 4.78 is 22.1. The van der Waals surface area contributed by atoms with Gasteiger partial charge in [0.15, 0.2) is 23.0 Å². The Hall–Kier alpha value is -3.98. The normalized spacial score (nSPS) is 12.1. The lowest BCUT2D eigenvalue weighted by molar-refractivity contribution is -0.385. The van der Waals surface area contributed by atoms with Crippen LogP contribution >= 0.6 is 11.6 Å². The molecule has 0 saturated heterocycles. The van der Waals surface area contributed by atoms with Crippen LogP contribution in [0.5, 0.6) is 28.7 Å². The molecule has 3 aromatic rings. The molecule has 0 aliphatic carbocycles. The van der Waals surface area contributed by atoms with Crippen molar-refractivity contribution in [2.75, 3.05) is 20.3 Å². The highest BCUT2D eigenvalue weighted by molar-refractivity contribution is 6.30. The van der Waals surface area contributed by atoms with E-state index in [-0.39, 0.29) is 40.4 Å². The van der Waals surface area contributed by atoms with Crippen molar-refractivity contribution >= 4 is 23.2 Å². The van der Waals surface area contributed by atoms with Crippen molar-refractivity contribution in [1.82, 2.24) is 5.32 Å². The van der Waals surface area contributed by atoms with Crippen LogP contribution in [0.15, 0.2) is 54.6 Å². The minimum absolute atomic E-state index is 0.00138. The van der Waals surface area contributed by atoms with Crippen molar-refractivity contribution in [3.05, 3.63) is 80.9 Å². The van der Waals surface area contributed by atoms with Gasteiger partial charge in [0.25, 0.3) is 5.91 Å². The fourth-order valence-corrected chi connectivity index (χ4v) is 3.38. The molecule has 0 atom stereocenters. The third-order valence-corrected chi connectivity index (χ3v) is 5.06. The average Bonchev–Trinajstić information content (AvgIpc) is 2.83. The molecule has 1 aliphatic rings. The Morgan fingerprint density at radius 3 is 2.55 bits per heavy atom. The molecule has 0 spiro atoms. The Kier molecular flexibility index (Phi) is 6.50.